The minimum absolute atomic E-state index is 0.0825. The Morgan fingerprint density at radius 3 is 2.61 bits per heavy atom. The van der Waals surface area contributed by atoms with Gasteiger partial charge in [0, 0.05) is 6.04 Å². The molecule has 4 aliphatic rings. The van der Waals surface area contributed by atoms with Gasteiger partial charge in [0.05, 0.1) is 6.10 Å². The van der Waals surface area contributed by atoms with E-state index in [0.717, 1.165) is 42.4 Å². The van der Waals surface area contributed by atoms with Gasteiger partial charge in [-0.2, -0.15) is 0 Å². The van der Waals surface area contributed by atoms with Crippen LogP contribution in [0.5, 0.6) is 0 Å². The molecule has 2 nitrogen and oxygen atoms in total. The fourth-order valence-electron chi connectivity index (χ4n) is 8.42. The van der Waals surface area contributed by atoms with E-state index >= 15 is 0 Å². The summed E-state index contributed by atoms with van der Waals surface area (Å²) in [7, 11) is 0. The third kappa shape index (κ3) is 3.41. The van der Waals surface area contributed by atoms with Crippen molar-refractivity contribution in [1.29, 1.82) is 0 Å². The van der Waals surface area contributed by atoms with E-state index in [4.69, 9.17) is 0 Å². The summed E-state index contributed by atoms with van der Waals surface area (Å²) in [6, 6.07) is 0.604. The standard InChI is InChI=1S/C26H45NO/c1-17(2)27-15-12-18(3)22-8-9-23-21-7-6-19-16-20(28)10-13-25(19,4)24(21)11-14-26(22,23)5/h6,17-18,20-24,27-28H,7-16H2,1-5H3/t18-,20?,21+,22-,23+,24+,25+,26-/m1/s1. The van der Waals surface area contributed by atoms with Gasteiger partial charge in [-0.3, -0.25) is 0 Å². The highest BCUT2D eigenvalue weighted by Gasteiger charge is 2.59. The summed E-state index contributed by atoms with van der Waals surface area (Å²) in [4.78, 5) is 0. The number of aliphatic hydroxyl groups excluding tert-OH is 1. The van der Waals surface area contributed by atoms with Crippen LogP contribution in [0.15, 0.2) is 11.6 Å². The van der Waals surface area contributed by atoms with E-state index in [2.05, 4.69) is 46.0 Å². The van der Waals surface area contributed by atoms with Gasteiger partial charge in [-0.25, -0.2) is 0 Å². The van der Waals surface area contributed by atoms with E-state index in [-0.39, 0.29) is 6.10 Å². The Morgan fingerprint density at radius 2 is 1.86 bits per heavy atom. The lowest BCUT2D eigenvalue weighted by atomic mass is 9.47. The van der Waals surface area contributed by atoms with Gasteiger partial charge in [0.25, 0.3) is 0 Å². The summed E-state index contributed by atoms with van der Waals surface area (Å²) >= 11 is 0. The average Bonchev–Trinajstić information content (AvgIpc) is 2.99. The molecule has 2 N–H and O–H groups in total. The quantitative estimate of drug-likeness (QED) is 0.571. The smallest absolute Gasteiger partial charge is 0.0577 e. The van der Waals surface area contributed by atoms with Crippen molar-refractivity contribution in [2.45, 2.75) is 105 Å². The van der Waals surface area contributed by atoms with E-state index in [1.54, 1.807) is 5.57 Å². The van der Waals surface area contributed by atoms with Crippen LogP contribution < -0.4 is 5.32 Å². The second kappa shape index (κ2) is 7.73. The second-order valence-corrected chi connectivity index (χ2v) is 11.8. The third-order valence-electron chi connectivity index (χ3n) is 9.99. The topological polar surface area (TPSA) is 32.3 Å². The lowest BCUT2D eigenvalue weighted by molar-refractivity contribution is -0.0571. The first-order valence-corrected chi connectivity index (χ1v) is 12.4. The molecule has 0 amide bonds. The Morgan fingerprint density at radius 1 is 1.07 bits per heavy atom. The minimum atomic E-state index is -0.0825. The predicted molar refractivity (Wildman–Crippen MR) is 118 cm³/mol. The Labute approximate surface area is 173 Å². The maximum Gasteiger partial charge on any atom is 0.0577 e. The van der Waals surface area contributed by atoms with Crippen LogP contribution in [0.4, 0.5) is 0 Å². The largest absolute Gasteiger partial charge is 0.393 e. The van der Waals surface area contributed by atoms with Gasteiger partial charge in [-0.1, -0.05) is 46.3 Å². The highest BCUT2D eigenvalue weighted by Crippen LogP contribution is 2.67. The summed E-state index contributed by atoms with van der Waals surface area (Å²) in [5.74, 6) is 4.45. The molecule has 160 valence electrons. The van der Waals surface area contributed by atoms with Crippen molar-refractivity contribution in [3.05, 3.63) is 11.6 Å². The molecule has 0 radical (unpaired) electrons. The number of rotatable bonds is 5. The third-order valence-corrected chi connectivity index (χ3v) is 9.99. The maximum absolute atomic E-state index is 10.2. The lowest BCUT2D eigenvalue weighted by Gasteiger charge is -2.58. The molecule has 0 aromatic carbocycles. The number of hydrogen-bond donors (Lipinski definition) is 2. The Bertz CT molecular complexity index is 597. The van der Waals surface area contributed by atoms with Gasteiger partial charge < -0.3 is 10.4 Å². The monoisotopic (exact) mass is 387 g/mol. The van der Waals surface area contributed by atoms with Crippen LogP contribution in [-0.4, -0.2) is 23.8 Å². The van der Waals surface area contributed by atoms with Crippen molar-refractivity contribution in [3.8, 4) is 0 Å². The number of allylic oxidation sites excluding steroid dienone is 1. The number of fused-ring (bicyclic) bond motifs is 5. The normalized spacial score (nSPS) is 46.5. The van der Waals surface area contributed by atoms with Crippen LogP contribution in [0.2, 0.25) is 0 Å². The predicted octanol–water partition coefficient (Wildman–Crippen LogP) is 5.95. The van der Waals surface area contributed by atoms with Gasteiger partial charge in [-0.05, 0) is 105 Å². The molecule has 28 heavy (non-hydrogen) atoms. The zero-order valence-electron chi connectivity index (χ0n) is 19.1. The van der Waals surface area contributed by atoms with Crippen molar-refractivity contribution in [1.82, 2.24) is 5.32 Å². The zero-order chi connectivity index (χ0) is 20.1. The van der Waals surface area contributed by atoms with Crippen LogP contribution in [-0.2, 0) is 0 Å². The van der Waals surface area contributed by atoms with Crippen molar-refractivity contribution in [2.75, 3.05) is 6.54 Å². The highest BCUT2D eigenvalue weighted by atomic mass is 16.3. The molecule has 0 aromatic rings. The molecule has 3 saturated carbocycles. The molecule has 0 aromatic heterocycles. The Kier molecular flexibility index (Phi) is 5.77. The summed E-state index contributed by atoms with van der Waals surface area (Å²) in [5, 5.41) is 13.8. The number of nitrogens with one attached hydrogen (secondary N) is 1. The number of hydrogen-bond acceptors (Lipinski definition) is 2. The molecular formula is C26H45NO. The van der Waals surface area contributed by atoms with Gasteiger partial charge in [0.2, 0.25) is 0 Å². The highest BCUT2D eigenvalue weighted by molar-refractivity contribution is 5.25. The van der Waals surface area contributed by atoms with Gasteiger partial charge in [-0.15, -0.1) is 0 Å². The first kappa shape index (κ1) is 20.9. The van der Waals surface area contributed by atoms with Gasteiger partial charge >= 0.3 is 0 Å². The molecule has 0 saturated heterocycles. The molecule has 0 aliphatic heterocycles. The summed E-state index contributed by atoms with van der Waals surface area (Å²) in [6.45, 7) is 13.5. The summed E-state index contributed by atoms with van der Waals surface area (Å²) in [5.41, 5.74) is 2.56. The molecule has 0 spiro atoms. The first-order valence-electron chi connectivity index (χ1n) is 12.4. The van der Waals surface area contributed by atoms with Crippen LogP contribution in [0.25, 0.3) is 0 Å². The van der Waals surface area contributed by atoms with E-state index in [1.165, 1.54) is 51.5 Å². The second-order valence-electron chi connectivity index (χ2n) is 11.8. The van der Waals surface area contributed by atoms with Gasteiger partial charge in [0.1, 0.15) is 0 Å². The van der Waals surface area contributed by atoms with Crippen LogP contribution in [0, 0.1) is 40.4 Å². The fourth-order valence-corrected chi connectivity index (χ4v) is 8.42. The van der Waals surface area contributed by atoms with E-state index in [1.807, 2.05) is 0 Å². The van der Waals surface area contributed by atoms with Gasteiger partial charge in [0.15, 0.2) is 0 Å². The van der Waals surface area contributed by atoms with Crippen molar-refractivity contribution < 1.29 is 5.11 Å². The minimum Gasteiger partial charge on any atom is -0.393 e. The summed E-state index contributed by atoms with van der Waals surface area (Å²) in [6.07, 6.45) is 14.1. The Balaban J connectivity index is 1.49. The average molecular weight is 388 g/mol. The molecular weight excluding hydrogens is 342 g/mol. The van der Waals surface area contributed by atoms with Crippen molar-refractivity contribution in [2.24, 2.45) is 40.4 Å². The molecule has 2 heteroatoms. The molecule has 0 bridgehead atoms. The van der Waals surface area contributed by atoms with E-state index in [9.17, 15) is 5.11 Å². The molecule has 8 atom stereocenters. The van der Waals surface area contributed by atoms with Crippen LogP contribution in [0.1, 0.15) is 92.4 Å². The SMILES string of the molecule is CC(C)NCC[C@@H](C)[C@H]1CC[C@H]2[C@@H]3CC=C4CC(O)CC[C@]4(C)[C@H]3CC[C@]12C. The molecule has 4 rings (SSSR count). The van der Waals surface area contributed by atoms with Crippen LogP contribution >= 0.6 is 0 Å². The summed E-state index contributed by atoms with van der Waals surface area (Å²) < 4.78 is 0. The maximum atomic E-state index is 10.2. The molecule has 0 heterocycles. The molecule has 1 unspecified atom stereocenters. The van der Waals surface area contributed by atoms with E-state index in [0.29, 0.717) is 16.9 Å². The Hall–Kier alpha value is -0.340. The fraction of sp³-hybridized carbons (Fsp3) is 0.923. The van der Waals surface area contributed by atoms with Crippen molar-refractivity contribution >= 4 is 0 Å². The first-order chi connectivity index (χ1) is 13.3. The van der Waals surface area contributed by atoms with E-state index < -0.39 is 0 Å². The van der Waals surface area contributed by atoms with Crippen molar-refractivity contribution in [3.63, 3.8) is 0 Å². The zero-order valence-corrected chi connectivity index (χ0v) is 19.1. The lowest BCUT2D eigenvalue weighted by Crippen LogP contribution is -2.50. The van der Waals surface area contributed by atoms with Crippen LogP contribution in [0.3, 0.4) is 0 Å². The molecule has 4 aliphatic carbocycles. The molecule has 3 fully saturated rings. The number of aliphatic hydroxyl groups is 1.